The second-order valence-electron chi connectivity index (χ2n) is 3.63. The van der Waals surface area contributed by atoms with Crippen molar-refractivity contribution in [2.24, 2.45) is 5.41 Å². The summed E-state index contributed by atoms with van der Waals surface area (Å²) in [5, 5.41) is 2.65. The minimum atomic E-state index is -0.974. The number of thiazole rings is 1. The lowest BCUT2D eigenvalue weighted by Gasteiger charge is -2.19. The van der Waals surface area contributed by atoms with Crippen molar-refractivity contribution in [2.75, 3.05) is 6.61 Å². The number of hydrogen-bond donors (Lipinski definition) is 0. The van der Waals surface area contributed by atoms with Gasteiger partial charge in [0.15, 0.2) is 0 Å². The molecule has 1 aromatic heterocycles. The van der Waals surface area contributed by atoms with Crippen LogP contribution in [0.25, 0.3) is 0 Å². The summed E-state index contributed by atoms with van der Waals surface area (Å²) in [5.74, 6) is -0.523. The maximum absolute atomic E-state index is 11.6. The molecule has 5 heteroatoms. The first-order valence-electron chi connectivity index (χ1n) is 4.72. The monoisotopic (exact) mass is 225 g/mol. The highest BCUT2D eigenvalue weighted by molar-refractivity contribution is 7.09. The van der Waals surface area contributed by atoms with Gasteiger partial charge in [-0.05, 0) is 6.92 Å². The van der Waals surface area contributed by atoms with E-state index in [1.807, 2.05) is 5.38 Å². The first kappa shape index (κ1) is 10.3. The molecule has 0 spiro atoms. The molecule has 1 aliphatic heterocycles. The number of cyclic esters (lactones) is 1. The third-order valence-corrected chi connectivity index (χ3v) is 3.54. The Balaban J connectivity index is 2.28. The van der Waals surface area contributed by atoms with Gasteiger partial charge in [0.2, 0.25) is 0 Å². The number of hydrogen-bond acceptors (Lipinski definition) is 5. The van der Waals surface area contributed by atoms with E-state index in [0.717, 1.165) is 5.01 Å². The number of carbonyl (C=O) groups is 2. The number of ketones is 1. The summed E-state index contributed by atoms with van der Waals surface area (Å²) in [6.07, 6.45) is 2.52. The molecule has 4 nitrogen and oxygen atoms in total. The molecule has 0 radical (unpaired) electrons. The van der Waals surface area contributed by atoms with Gasteiger partial charge in [0.1, 0.15) is 11.2 Å². The summed E-state index contributed by atoms with van der Waals surface area (Å²) in [4.78, 5) is 27.3. The first-order valence-corrected chi connectivity index (χ1v) is 5.60. The van der Waals surface area contributed by atoms with Gasteiger partial charge in [0, 0.05) is 24.4 Å². The van der Waals surface area contributed by atoms with Crippen molar-refractivity contribution in [2.45, 2.75) is 19.8 Å². The van der Waals surface area contributed by atoms with Crippen LogP contribution in [0.1, 0.15) is 18.4 Å². The van der Waals surface area contributed by atoms with Crippen LogP contribution in [0.15, 0.2) is 11.6 Å². The lowest BCUT2D eigenvalue weighted by Crippen LogP contribution is -2.36. The Hall–Kier alpha value is -1.23. The molecule has 1 unspecified atom stereocenters. The minimum Gasteiger partial charge on any atom is -0.465 e. The zero-order valence-corrected chi connectivity index (χ0v) is 9.17. The molecule has 0 saturated carbocycles. The minimum absolute atomic E-state index is 0.125. The lowest BCUT2D eigenvalue weighted by molar-refractivity contribution is -0.150. The molecule has 2 heterocycles. The van der Waals surface area contributed by atoms with Crippen LogP contribution in [-0.4, -0.2) is 23.3 Å². The number of ether oxygens (including phenoxy) is 1. The molecule has 1 aliphatic rings. The molecule has 1 saturated heterocycles. The fourth-order valence-corrected chi connectivity index (χ4v) is 2.49. The predicted octanol–water partition coefficient (Wildman–Crippen LogP) is 1.21. The van der Waals surface area contributed by atoms with Gasteiger partial charge in [0.25, 0.3) is 0 Å². The van der Waals surface area contributed by atoms with Crippen molar-refractivity contribution >= 4 is 23.1 Å². The van der Waals surface area contributed by atoms with Gasteiger partial charge in [0.05, 0.1) is 11.6 Å². The van der Waals surface area contributed by atoms with E-state index in [1.54, 1.807) is 6.20 Å². The SMILES string of the molecule is CC(=O)C1(Cc2nccs2)CCOC1=O. The van der Waals surface area contributed by atoms with E-state index in [2.05, 4.69) is 4.98 Å². The Kier molecular flexibility index (Phi) is 2.56. The molecule has 0 N–H and O–H groups in total. The number of aromatic nitrogens is 1. The van der Waals surface area contributed by atoms with Gasteiger partial charge >= 0.3 is 5.97 Å². The molecule has 0 aromatic carbocycles. The number of carbonyl (C=O) groups excluding carboxylic acids is 2. The topological polar surface area (TPSA) is 56.3 Å². The molecule has 0 amide bonds. The van der Waals surface area contributed by atoms with Crippen LogP contribution in [0.4, 0.5) is 0 Å². The average molecular weight is 225 g/mol. The molecule has 2 rings (SSSR count). The van der Waals surface area contributed by atoms with Gasteiger partial charge in [-0.2, -0.15) is 0 Å². The maximum Gasteiger partial charge on any atom is 0.320 e. The van der Waals surface area contributed by atoms with Crippen molar-refractivity contribution in [1.82, 2.24) is 4.98 Å². The van der Waals surface area contributed by atoms with Crippen molar-refractivity contribution in [3.05, 3.63) is 16.6 Å². The summed E-state index contributed by atoms with van der Waals surface area (Å²) in [6, 6.07) is 0. The highest BCUT2D eigenvalue weighted by Crippen LogP contribution is 2.35. The third kappa shape index (κ3) is 1.67. The number of esters is 1. The molecule has 0 bridgehead atoms. The van der Waals surface area contributed by atoms with Crippen LogP contribution in [0.2, 0.25) is 0 Å². The molecule has 15 heavy (non-hydrogen) atoms. The second kappa shape index (κ2) is 3.73. The molecule has 1 fully saturated rings. The van der Waals surface area contributed by atoms with E-state index < -0.39 is 11.4 Å². The Morgan fingerprint density at radius 3 is 3.00 bits per heavy atom. The summed E-state index contributed by atoms with van der Waals surface area (Å²) in [7, 11) is 0. The Morgan fingerprint density at radius 1 is 1.73 bits per heavy atom. The van der Waals surface area contributed by atoms with Crippen LogP contribution in [0, 0.1) is 5.41 Å². The van der Waals surface area contributed by atoms with Gasteiger partial charge in [-0.3, -0.25) is 9.59 Å². The molecule has 1 aromatic rings. The van der Waals surface area contributed by atoms with Crippen molar-refractivity contribution in [1.29, 1.82) is 0 Å². The van der Waals surface area contributed by atoms with Gasteiger partial charge in [-0.1, -0.05) is 0 Å². The zero-order valence-electron chi connectivity index (χ0n) is 8.36. The van der Waals surface area contributed by atoms with Gasteiger partial charge in [-0.25, -0.2) is 4.98 Å². The third-order valence-electron chi connectivity index (χ3n) is 2.76. The Morgan fingerprint density at radius 2 is 2.53 bits per heavy atom. The highest BCUT2D eigenvalue weighted by atomic mass is 32.1. The van der Waals surface area contributed by atoms with E-state index in [-0.39, 0.29) is 5.78 Å². The van der Waals surface area contributed by atoms with Crippen LogP contribution in [-0.2, 0) is 20.7 Å². The number of Topliss-reactive ketones (excluding diaryl/α,β-unsaturated/α-hetero) is 1. The largest absolute Gasteiger partial charge is 0.465 e. The van der Waals surface area contributed by atoms with Crippen molar-refractivity contribution in [3.63, 3.8) is 0 Å². The standard InChI is InChI=1S/C10H11NO3S/c1-7(12)10(2-4-14-9(10)13)6-8-11-3-5-15-8/h3,5H,2,4,6H2,1H3. The molecular formula is C10H11NO3S. The summed E-state index contributed by atoms with van der Waals surface area (Å²) in [5.41, 5.74) is -0.974. The van der Waals surface area contributed by atoms with E-state index >= 15 is 0 Å². The van der Waals surface area contributed by atoms with Crippen LogP contribution < -0.4 is 0 Å². The predicted molar refractivity (Wildman–Crippen MR) is 54.5 cm³/mol. The summed E-state index contributed by atoms with van der Waals surface area (Å²) < 4.78 is 4.90. The quantitative estimate of drug-likeness (QED) is 0.573. The van der Waals surface area contributed by atoms with Crippen LogP contribution >= 0.6 is 11.3 Å². The van der Waals surface area contributed by atoms with Gasteiger partial charge in [-0.15, -0.1) is 11.3 Å². The second-order valence-corrected chi connectivity index (χ2v) is 4.61. The summed E-state index contributed by atoms with van der Waals surface area (Å²) >= 11 is 1.46. The van der Waals surface area contributed by atoms with E-state index in [9.17, 15) is 9.59 Å². The van der Waals surface area contributed by atoms with E-state index in [4.69, 9.17) is 4.74 Å². The van der Waals surface area contributed by atoms with Crippen LogP contribution in [0.5, 0.6) is 0 Å². The number of nitrogens with zero attached hydrogens (tertiary/aromatic N) is 1. The normalized spacial score (nSPS) is 25.3. The number of rotatable bonds is 3. The zero-order chi connectivity index (χ0) is 10.9. The van der Waals surface area contributed by atoms with Crippen LogP contribution in [0.3, 0.4) is 0 Å². The average Bonchev–Trinajstić information content (AvgIpc) is 2.78. The Bertz CT molecular complexity index is 387. The lowest BCUT2D eigenvalue weighted by atomic mass is 9.80. The smallest absolute Gasteiger partial charge is 0.320 e. The molecule has 80 valence electrons. The Labute approximate surface area is 91.3 Å². The van der Waals surface area contributed by atoms with Crippen molar-refractivity contribution < 1.29 is 14.3 Å². The maximum atomic E-state index is 11.6. The highest BCUT2D eigenvalue weighted by Gasteiger charge is 2.49. The molecule has 0 aliphatic carbocycles. The molecule has 1 atom stereocenters. The first-order chi connectivity index (χ1) is 7.15. The van der Waals surface area contributed by atoms with Gasteiger partial charge < -0.3 is 4.74 Å². The summed E-state index contributed by atoms with van der Waals surface area (Å²) in [6.45, 7) is 1.78. The van der Waals surface area contributed by atoms with E-state index in [1.165, 1.54) is 18.3 Å². The van der Waals surface area contributed by atoms with E-state index in [0.29, 0.717) is 19.4 Å². The molecular weight excluding hydrogens is 214 g/mol. The fraction of sp³-hybridized carbons (Fsp3) is 0.500. The van der Waals surface area contributed by atoms with Crippen molar-refractivity contribution in [3.8, 4) is 0 Å². The fourth-order valence-electron chi connectivity index (χ4n) is 1.76.